The van der Waals surface area contributed by atoms with E-state index in [0.29, 0.717) is 17.9 Å². The Bertz CT molecular complexity index is 874. The van der Waals surface area contributed by atoms with Crippen LogP contribution < -0.4 is 5.73 Å². The van der Waals surface area contributed by atoms with Gasteiger partial charge in [-0.1, -0.05) is 6.92 Å². The van der Waals surface area contributed by atoms with Crippen LogP contribution in [0.25, 0.3) is 22.0 Å². The number of pyridine rings is 3. The number of carbonyl (C=O) groups excluding carboxylic acids is 1. The number of nitrogen functional groups attached to an aromatic ring is 1. The Morgan fingerprint density at radius 1 is 1.09 bits per heavy atom. The zero-order chi connectivity index (χ0) is 15.7. The lowest BCUT2D eigenvalue weighted by Gasteiger charge is -2.08. The number of rotatable bonds is 3. The lowest BCUT2D eigenvalue weighted by atomic mass is 10.0. The van der Waals surface area contributed by atoms with E-state index >= 15 is 0 Å². The second-order valence-electron chi connectivity index (χ2n) is 5.19. The third-order valence-corrected chi connectivity index (χ3v) is 3.62. The fourth-order valence-corrected chi connectivity index (χ4v) is 2.38. The third-order valence-electron chi connectivity index (χ3n) is 3.62. The smallest absolute Gasteiger partial charge is 0.180 e. The van der Waals surface area contributed by atoms with Crippen molar-refractivity contribution in [2.45, 2.75) is 20.3 Å². The van der Waals surface area contributed by atoms with Crippen LogP contribution in [0.15, 0.2) is 36.8 Å². The molecule has 3 aromatic rings. The lowest BCUT2D eigenvalue weighted by Crippen LogP contribution is -2.01. The van der Waals surface area contributed by atoms with Crippen LogP contribution in [0.3, 0.4) is 0 Å². The first kappa shape index (κ1) is 14.1. The number of nitrogens with two attached hydrogens (primary N) is 1. The molecule has 0 amide bonds. The summed E-state index contributed by atoms with van der Waals surface area (Å²) in [5.74, 6) is 0.499. The monoisotopic (exact) mass is 292 g/mol. The topological polar surface area (TPSA) is 81.8 Å². The Morgan fingerprint density at radius 2 is 1.91 bits per heavy atom. The van der Waals surface area contributed by atoms with E-state index in [-0.39, 0.29) is 5.78 Å². The van der Waals surface area contributed by atoms with Crippen molar-refractivity contribution in [3.63, 3.8) is 0 Å². The number of aryl methyl sites for hydroxylation is 1. The first-order valence-electron chi connectivity index (χ1n) is 7.10. The Labute approximate surface area is 128 Å². The van der Waals surface area contributed by atoms with Crippen molar-refractivity contribution in [3.05, 3.63) is 48.0 Å². The number of nitrogens with zero attached hydrogens (tertiary/aromatic N) is 3. The van der Waals surface area contributed by atoms with E-state index < -0.39 is 0 Å². The highest BCUT2D eigenvalue weighted by atomic mass is 16.1. The van der Waals surface area contributed by atoms with Crippen molar-refractivity contribution in [3.8, 4) is 11.1 Å². The Hall–Kier alpha value is -2.82. The third kappa shape index (κ3) is 2.53. The maximum Gasteiger partial charge on any atom is 0.180 e. The van der Waals surface area contributed by atoms with Crippen LogP contribution in [-0.2, 0) is 0 Å². The van der Waals surface area contributed by atoms with Gasteiger partial charge in [0.15, 0.2) is 5.78 Å². The number of aromatic nitrogens is 3. The number of hydrogen-bond acceptors (Lipinski definition) is 5. The summed E-state index contributed by atoms with van der Waals surface area (Å²) in [5.41, 5.74) is 9.87. The molecule has 22 heavy (non-hydrogen) atoms. The summed E-state index contributed by atoms with van der Waals surface area (Å²) >= 11 is 0. The number of fused-ring (bicyclic) bond motifs is 1. The molecule has 3 rings (SSSR count). The first-order chi connectivity index (χ1) is 10.6. The quantitative estimate of drug-likeness (QED) is 0.750. The van der Waals surface area contributed by atoms with Crippen molar-refractivity contribution in [1.29, 1.82) is 0 Å². The van der Waals surface area contributed by atoms with Crippen LogP contribution in [0.5, 0.6) is 0 Å². The molecule has 0 aromatic carbocycles. The maximum atomic E-state index is 11.7. The van der Waals surface area contributed by atoms with Gasteiger partial charge in [0.05, 0.1) is 5.52 Å². The van der Waals surface area contributed by atoms with Crippen LogP contribution in [0.1, 0.15) is 29.4 Å². The Kier molecular flexibility index (Phi) is 3.55. The number of Topliss-reactive ketones (excluding diaryl/α,β-unsaturated/α-hetero) is 1. The van der Waals surface area contributed by atoms with Gasteiger partial charge in [0.25, 0.3) is 0 Å². The fraction of sp³-hybridized carbons (Fsp3) is 0.176. The van der Waals surface area contributed by atoms with Crippen molar-refractivity contribution >= 4 is 22.5 Å². The highest BCUT2D eigenvalue weighted by Gasteiger charge is 2.10. The number of ketones is 1. The zero-order valence-electron chi connectivity index (χ0n) is 12.5. The average molecular weight is 292 g/mol. The van der Waals surface area contributed by atoms with Gasteiger partial charge in [0, 0.05) is 47.6 Å². The molecule has 0 aliphatic carbocycles. The Morgan fingerprint density at radius 3 is 2.64 bits per heavy atom. The van der Waals surface area contributed by atoms with E-state index in [1.165, 1.54) is 0 Å². The molecule has 3 aromatic heterocycles. The highest BCUT2D eigenvalue weighted by molar-refractivity contribution is 5.94. The summed E-state index contributed by atoms with van der Waals surface area (Å²) in [4.78, 5) is 24.5. The van der Waals surface area contributed by atoms with Gasteiger partial charge in [0.1, 0.15) is 11.5 Å². The molecule has 0 saturated heterocycles. The standard InChI is InChI=1S/C17H16N4O/c1-3-16(22)15-4-10(2)13(9-20-15)11-5-12-8-21-17(18)6-14(12)19-7-11/h4-9H,3H2,1-2H3,(H2,18,21). The van der Waals surface area contributed by atoms with Crippen LogP contribution in [0.2, 0.25) is 0 Å². The molecular formula is C17H16N4O. The fourth-order valence-electron chi connectivity index (χ4n) is 2.38. The number of anilines is 1. The number of carbonyl (C=O) groups is 1. The largest absolute Gasteiger partial charge is 0.384 e. The van der Waals surface area contributed by atoms with Crippen molar-refractivity contribution in [2.24, 2.45) is 0 Å². The summed E-state index contributed by atoms with van der Waals surface area (Å²) in [7, 11) is 0. The summed E-state index contributed by atoms with van der Waals surface area (Å²) in [5, 5.41) is 0.916. The molecule has 0 bridgehead atoms. The maximum absolute atomic E-state index is 11.7. The molecule has 0 radical (unpaired) electrons. The molecule has 0 aliphatic rings. The van der Waals surface area contributed by atoms with Gasteiger partial charge in [0.2, 0.25) is 0 Å². The van der Waals surface area contributed by atoms with Crippen LogP contribution in [0.4, 0.5) is 5.82 Å². The minimum absolute atomic E-state index is 0.0472. The molecule has 5 nitrogen and oxygen atoms in total. The molecular weight excluding hydrogens is 276 g/mol. The summed E-state index contributed by atoms with van der Waals surface area (Å²) < 4.78 is 0. The Balaban J connectivity index is 2.07. The van der Waals surface area contributed by atoms with Gasteiger partial charge in [-0.2, -0.15) is 0 Å². The SMILES string of the molecule is CCC(=O)c1cc(C)c(-c2cnc3cc(N)ncc3c2)cn1. The predicted molar refractivity (Wildman–Crippen MR) is 86.5 cm³/mol. The molecule has 110 valence electrons. The zero-order valence-corrected chi connectivity index (χ0v) is 12.5. The van der Waals surface area contributed by atoms with Crippen molar-refractivity contribution in [1.82, 2.24) is 15.0 Å². The van der Waals surface area contributed by atoms with E-state index in [4.69, 9.17) is 5.73 Å². The second-order valence-corrected chi connectivity index (χ2v) is 5.19. The molecule has 0 unspecified atom stereocenters. The van der Waals surface area contributed by atoms with Crippen LogP contribution in [-0.4, -0.2) is 20.7 Å². The lowest BCUT2D eigenvalue weighted by molar-refractivity contribution is 0.0983. The van der Waals surface area contributed by atoms with E-state index in [0.717, 1.165) is 27.6 Å². The summed E-state index contributed by atoms with van der Waals surface area (Å²) in [6, 6.07) is 5.57. The molecule has 3 heterocycles. The summed E-state index contributed by atoms with van der Waals surface area (Å²) in [6.45, 7) is 3.80. The van der Waals surface area contributed by atoms with Crippen molar-refractivity contribution in [2.75, 3.05) is 5.73 Å². The van der Waals surface area contributed by atoms with Crippen molar-refractivity contribution < 1.29 is 4.79 Å². The molecule has 5 heteroatoms. The normalized spacial score (nSPS) is 10.8. The van der Waals surface area contributed by atoms with Gasteiger partial charge in [-0.25, -0.2) is 4.98 Å². The molecule has 0 fully saturated rings. The van der Waals surface area contributed by atoms with Gasteiger partial charge < -0.3 is 5.73 Å². The van der Waals surface area contributed by atoms with E-state index in [1.807, 2.05) is 26.0 Å². The highest BCUT2D eigenvalue weighted by Crippen LogP contribution is 2.25. The minimum atomic E-state index is 0.0472. The molecule has 0 atom stereocenters. The molecule has 2 N–H and O–H groups in total. The van der Waals surface area contributed by atoms with Gasteiger partial charge in [-0.3, -0.25) is 14.8 Å². The van der Waals surface area contributed by atoms with Crippen LogP contribution >= 0.6 is 0 Å². The summed E-state index contributed by atoms with van der Waals surface area (Å²) in [6.07, 6.45) is 5.67. The van der Waals surface area contributed by atoms with Gasteiger partial charge in [-0.05, 0) is 24.6 Å². The molecule has 0 saturated carbocycles. The van der Waals surface area contributed by atoms with Gasteiger partial charge in [-0.15, -0.1) is 0 Å². The molecule has 0 aliphatic heterocycles. The number of hydrogen-bond donors (Lipinski definition) is 1. The minimum Gasteiger partial charge on any atom is -0.384 e. The molecule has 0 spiro atoms. The predicted octanol–water partition coefficient (Wildman–Crippen LogP) is 3.18. The second kappa shape index (κ2) is 5.52. The van der Waals surface area contributed by atoms with Gasteiger partial charge >= 0.3 is 0 Å². The average Bonchev–Trinajstić information content (AvgIpc) is 2.53. The van der Waals surface area contributed by atoms with E-state index in [9.17, 15) is 4.79 Å². The van der Waals surface area contributed by atoms with Crippen LogP contribution in [0, 0.1) is 6.92 Å². The van der Waals surface area contributed by atoms with E-state index in [2.05, 4.69) is 15.0 Å². The van der Waals surface area contributed by atoms with E-state index in [1.54, 1.807) is 24.7 Å². The first-order valence-corrected chi connectivity index (χ1v) is 7.10.